The lowest BCUT2D eigenvalue weighted by Crippen LogP contribution is -2.45. The number of nitrogens with one attached hydrogen (secondary N) is 2. The number of amides is 1. The highest BCUT2D eigenvalue weighted by Crippen LogP contribution is 2.23. The van der Waals surface area contributed by atoms with Crippen LogP contribution in [-0.2, 0) is 11.3 Å². The highest BCUT2D eigenvalue weighted by Gasteiger charge is 2.24. The van der Waals surface area contributed by atoms with Gasteiger partial charge in [-0.3, -0.25) is 9.69 Å². The standard InChI is InChI=1S/C19H29N3O2/c1-24-18-9-3-2-7-16(18)14-22-11-5-6-15(13-22)12-21-19(23)17-8-4-10-20-17/h2-3,7,9,15,17,20H,4-6,8,10-14H2,1H3,(H,21,23). The molecule has 0 aliphatic carbocycles. The molecule has 2 aliphatic heterocycles. The van der Waals surface area contributed by atoms with Crippen LogP contribution in [0, 0.1) is 5.92 Å². The quantitative estimate of drug-likeness (QED) is 0.834. The number of carbonyl (C=O) groups excluding carboxylic acids is 1. The van der Waals surface area contributed by atoms with Crippen molar-refractivity contribution < 1.29 is 9.53 Å². The number of hydrogen-bond acceptors (Lipinski definition) is 4. The molecule has 132 valence electrons. The van der Waals surface area contributed by atoms with E-state index in [4.69, 9.17) is 4.74 Å². The maximum absolute atomic E-state index is 12.1. The van der Waals surface area contributed by atoms with Crippen LogP contribution in [0.4, 0.5) is 0 Å². The molecule has 2 unspecified atom stereocenters. The van der Waals surface area contributed by atoms with E-state index in [2.05, 4.69) is 27.7 Å². The topological polar surface area (TPSA) is 53.6 Å². The summed E-state index contributed by atoms with van der Waals surface area (Å²) in [6.07, 6.45) is 4.46. The normalized spacial score (nSPS) is 24.7. The van der Waals surface area contributed by atoms with Gasteiger partial charge in [0.1, 0.15) is 5.75 Å². The molecule has 2 aliphatic rings. The number of likely N-dealkylation sites (tertiary alicyclic amines) is 1. The van der Waals surface area contributed by atoms with E-state index in [9.17, 15) is 4.79 Å². The molecule has 1 amide bonds. The van der Waals surface area contributed by atoms with Crippen molar-refractivity contribution in [3.05, 3.63) is 29.8 Å². The third-order valence-corrected chi connectivity index (χ3v) is 5.13. The van der Waals surface area contributed by atoms with Gasteiger partial charge >= 0.3 is 0 Å². The van der Waals surface area contributed by atoms with Crippen molar-refractivity contribution in [2.75, 3.05) is 33.3 Å². The zero-order valence-electron chi connectivity index (χ0n) is 14.6. The van der Waals surface area contributed by atoms with Crippen molar-refractivity contribution >= 4 is 5.91 Å². The first-order valence-corrected chi connectivity index (χ1v) is 9.11. The Hall–Kier alpha value is -1.59. The van der Waals surface area contributed by atoms with Crippen molar-refractivity contribution in [3.8, 4) is 5.75 Å². The third-order valence-electron chi connectivity index (χ3n) is 5.13. The van der Waals surface area contributed by atoms with E-state index in [1.807, 2.05) is 12.1 Å². The van der Waals surface area contributed by atoms with Crippen LogP contribution in [0.1, 0.15) is 31.2 Å². The minimum Gasteiger partial charge on any atom is -0.496 e. The average Bonchev–Trinajstić information content (AvgIpc) is 3.15. The van der Waals surface area contributed by atoms with Crippen LogP contribution in [0.5, 0.6) is 5.75 Å². The fourth-order valence-corrected chi connectivity index (χ4v) is 3.81. The lowest BCUT2D eigenvalue weighted by Gasteiger charge is -2.33. The number of piperidine rings is 1. The van der Waals surface area contributed by atoms with E-state index < -0.39 is 0 Å². The molecule has 2 N–H and O–H groups in total. The molecule has 2 saturated heterocycles. The minimum atomic E-state index is 0.0262. The largest absolute Gasteiger partial charge is 0.496 e. The van der Waals surface area contributed by atoms with E-state index in [1.54, 1.807) is 7.11 Å². The monoisotopic (exact) mass is 331 g/mol. The van der Waals surface area contributed by atoms with Gasteiger partial charge in [0, 0.05) is 25.2 Å². The molecule has 24 heavy (non-hydrogen) atoms. The Morgan fingerprint density at radius 1 is 1.33 bits per heavy atom. The summed E-state index contributed by atoms with van der Waals surface area (Å²) >= 11 is 0. The summed E-state index contributed by atoms with van der Waals surface area (Å²) in [4.78, 5) is 14.6. The summed E-state index contributed by atoms with van der Waals surface area (Å²) in [7, 11) is 1.73. The number of benzene rings is 1. The summed E-state index contributed by atoms with van der Waals surface area (Å²) < 4.78 is 5.46. The number of para-hydroxylation sites is 1. The molecule has 2 heterocycles. The second-order valence-electron chi connectivity index (χ2n) is 6.95. The average molecular weight is 331 g/mol. The highest BCUT2D eigenvalue weighted by atomic mass is 16.5. The fourth-order valence-electron chi connectivity index (χ4n) is 3.81. The Kier molecular flexibility index (Phi) is 6.10. The molecule has 0 saturated carbocycles. The molecule has 2 fully saturated rings. The van der Waals surface area contributed by atoms with Crippen LogP contribution < -0.4 is 15.4 Å². The molecule has 0 radical (unpaired) electrons. The van der Waals surface area contributed by atoms with Gasteiger partial charge < -0.3 is 15.4 Å². The summed E-state index contributed by atoms with van der Waals surface area (Å²) in [5.41, 5.74) is 1.24. The number of nitrogens with zero attached hydrogens (tertiary/aromatic N) is 1. The van der Waals surface area contributed by atoms with Gasteiger partial charge in [0.2, 0.25) is 5.91 Å². The van der Waals surface area contributed by atoms with Crippen LogP contribution >= 0.6 is 0 Å². The molecule has 3 rings (SSSR count). The van der Waals surface area contributed by atoms with E-state index in [0.717, 1.165) is 51.3 Å². The Balaban J connectivity index is 1.48. The summed E-state index contributed by atoms with van der Waals surface area (Å²) in [6, 6.07) is 8.25. The van der Waals surface area contributed by atoms with Crippen LogP contribution in [0.3, 0.4) is 0 Å². The summed E-state index contributed by atoms with van der Waals surface area (Å²) in [5, 5.41) is 6.41. The zero-order valence-corrected chi connectivity index (χ0v) is 14.6. The van der Waals surface area contributed by atoms with Crippen molar-refractivity contribution in [2.24, 2.45) is 5.92 Å². The van der Waals surface area contributed by atoms with Crippen LogP contribution in [0.15, 0.2) is 24.3 Å². The molecule has 1 aromatic carbocycles. The van der Waals surface area contributed by atoms with Gasteiger partial charge in [-0.25, -0.2) is 0 Å². The van der Waals surface area contributed by atoms with Crippen molar-refractivity contribution in [2.45, 2.75) is 38.3 Å². The molecular weight excluding hydrogens is 302 g/mol. The van der Waals surface area contributed by atoms with Crippen molar-refractivity contribution in [3.63, 3.8) is 0 Å². The predicted molar refractivity (Wildman–Crippen MR) is 95.0 cm³/mol. The van der Waals surface area contributed by atoms with Crippen molar-refractivity contribution in [1.82, 2.24) is 15.5 Å². The van der Waals surface area contributed by atoms with Gasteiger partial charge in [0.15, 0.2) is 0 Å². The Bertz CT molecular complexity index is 543. The maximum Gasteiger partial charge on any atom is 0.237 e. The summed E-state index contributed by atoms with van der Waals surface area (Å²) in [6.45, 7) is 4.83. The van der Waals surface area contributed by atoms with Gasteiger partial charge in [-0.05, 0) is 50.8 Å². The van der Waals surface area contributed by atoms with E-state index in [0.29, 0.717) is 5.92 Å². The summed E-state index contributed by atoms with van der Waals surface area (Å²) in [5.74, 6) is 1.67. The Morgan fingerprint density at radius 2 is 2.21 bits per heavy atom. The van der Waals surface area contributed by atoms with Gasteiger partial charge in [-0.15, -0.1) is 0 Å². The molecule has 0 aromatic heterocycles. The van der Waals surface area contributed by atoms with Crippen LogP contribution in [0.25, 0.3) is 0 Å². The molecule has 0 spiro atoms. The number of methoxy groups -OCH3 is 1. The Labute approximate surface area is 144 Å². The van der Waals surface area contributed by atoms with E-state index in [-0.39, 0.29) is 11.9 Å². The van der Waals surface area contributed by atoms with Crippen LogP contribution in [0.2, 0.25) is 0 Å². The molecular formula is C19H29N3O2. The first-order chi connectivity index (χ1) is 11.8. The molecule has 0 bridgehead atoms. The molecule has 5 heteroatoms. The smallest absolute Gasteiger partial charge is 0.237 e. The number of hydrogen-bond donors (Lipinski definition) is 2. The molecule has 2 atom stereocenters. The lowest BCUT2D eigenvalue weighted by molar-refractivity contribution is -0.123. The third kappa shape index (κ3) is 4.48. The Morgan fingerprint density at radius 3 is 3.00 bits per heavy atom. The second kappa shape index (κ2) is 8.49. The first-order valence-electron chi connectivity index (χ1n) is 9.11. The van der Waals surface area contributed by atoms with Crippen LogP contribution in [-0.4, -0.2) is 50.1 Å². The number of rotatable bonds is 6. The van der Waals surface area contributed by atoms with Crippen molar-refractivity contribution in [1.29, 1.82) is 0 Å². The molecule has 5 nitrogen and oxygen atoms in total. The number of carbonyl (C=O) groups is 1. The lowest BCUT2D eigenvalue weighted by atomic mass is 9.97. The van der Waals surface area contributed by atoms with Gasteiger partial charge in [-0.1, -0.05) is 18.2 Å². The SMILES string of the molecule is COc1ccccc1CN1CCCC(CNC(=O)C2CCCN2)C1. The van der Waals surface area contributed by atoms with Gasteiger partial charge in [-0.2, -0.15) is 0 Å². The van der Waals surface area contributed by atoms with Gasteiger partial charge in [0.05, 0.1) is 13.2 Å². The second-order valence-corrected chi connectivity index (χ2v) is 6.95. The van der Waals surface area contributed by atoms with E-state index >= 15 is 0 Å². The molecule has 1 aromatic rings. The maximum atomic E-state index is 12.1. The zero-order chi connectivity index (χ0) is 16.8. The van der Waals surface area contributed by atoms with E-state index in [1.165, 1.54) is 18.4 Å². The first kappa shape index (κ1) is 17.2. The number of ether oxygens (including phenoxy) is 1. The predicted octanol–water partition coefficient (Wildman–Crippen LogP) is 1.78. The van der Waals surface area contributed by atoms with Gasteiger partial charge in [0.25, 0.3) is 0 Å². The fraction of sp³-hybridized carbons (Fsp3) is 0.632. The highest BCUT2D eigenvalue weighted by molar-refractivity contribution is 5.81. The minimum absolute atomic E-state index is 0.0262.